The van der Waals surface area contributed by atoms with Crippen molar-refractivity contribution in [2.24, 2.45) is 11.3 Å². The molecule has 0 radical (unpaired) electrons. The molecule has 3 unspecified atom stereocenters. The molecular weight excluding hydrogens is 464 g/mol. The van der Waals surface area contributed by atoms with Gasteiger partial charge in [0.15, 0.2) is 16.6 Å². The highest BCUT2D eigenvalue weighted by Crippen LogP contribution is 2.69. The van der Waals surface area contributed by atoms with E-state index in [4.69, 9.17) is 20.0 Å². The van der Waals surface area contributed by atoms with Crippen molar-refractivity contribution in [3.8, 4) is 0 Å². The van der Waals surface area contributed by atoms with Crippen LogP contribution in [0.25, 0.3) is 11.2 Å². The molecule has 0 amide bonds. The van der Waals surface area contributed by atoms with Gasteiger partial charge in [0.25, 0.3) is 0 Å². The highest BCUT2D eigenvalue weighted by molar-refractivity contribution is 7.98. The van der Waals surface area contributed by atoms with Gasteiger partial charge in [-0.3, -0.25) is 4.52 Å². The van der Waals surface area contributed by atoms with E-state index in [9.17, 15) is 24.2 Å². The number of hydrogen-bond donors (Lipinski definition) is 6. The van der Waals surface area contributed by atoms with Gasteiger partial charge in [0.1, 0.15) is 11.6 Å². The number of nitrogens with two attached hydrogens (primary N) is 1. The Kier molecular flexibility index (Phi) is 5.30. The summed E-state index contributed by atoms with van der Waals surface area (Å²) in [7, 11) is -10.3. The van der Waals surface area contributed by atoms with E-state index in [1.165, 1.54) is 18.1 Å². The molecular formula is C13H19N5O9P2S. The first-order valence-corrected chi connectivity index (χ1v) is 12.8. The Morgan fingerprint density at radius 2 is 2.03 bits per heavy atom. The quantitative estimate of drug-likeness (QED) is 0.168. The minimum Gasteiger partial charge on any atom is -0.390 e. The van der Waals surface area contributed by atoms with E-state index < -0.39 is 45.9 Å². The second-order valence-electron chi connectivity index (χ2n) is 7.20. The molecule has 0 bridgehead atoms. The van der Waals surface area contributed by atoms with Crippen LogP contribution in [-0.2, 0) is 18.0 Å². The van der Waals surface area contributed by atoms with Gasteiger partial charge in [-0.2, -0.15) is 4.31 Å². The van der Waals surface area contributed by atoms with Crippen molar-refractivity contribution in [1.29, 1.82) is 0 Å². The molecule has 166 valence electrons. The van der Waals surface area contributed by atoms with Crippen molar-refractivity contribution in [1.82, 2.24) is 19.5 Å². The first kappa shape index (κ1) is 22.1. The van der Waals surface area contributed by atoms with Crippen molar-refractivity contribution in [3.05, 3.63) is 6.33 Å². The molecule has 0 saturated heterocycles. The smallest absolute Gasteiger partial charge is 0.390 e. The van der Waals surface area contributed by atoms with Crippen molar-refractivity contribution < 1.29 is 42.9 Å². The first-order valence-electron chi connectivity index (χ1n) is 8.53. The van der Waals surface area contributed by atoms with E-state index in [0.717, 1.165) is 0 Å². The second kappa shape index (κ2) is 7.20. The summed E-state index contributed by atoms with van der Waals surface area (Å²) in [6.07, 6.45) is 0.898. The SMILES string of the molecule is CSc1nc(N)c2ncn([C@@H]3C4CC4(COP(=O)(O)OP(=O)(O)O)[C@@H](O)[C@H]3O)c2n1. The Morgan fingerprint density at radius 1 is 1.33 bits per heavy atom. The molecule has 2 fully saturated rings. The summed E-state index contributed by atoms with van der Waals surface area (Å²) in [5.74, 6) is -0.221. The molecule has 2 aliphatic carbocycles. The summed E-state index contributed by atoms with van der Waals surface area (Å²) >= 11 is 1.27. The summed E-state index contributed by atoms with van der Waals surface area (Å²) in [5.41, 5.74) is 5.51. The molecule has 2 aliphatic rings. The fourth-order valence-electron chi connectivity index (χ4n) is 4.11. The maximum Gasteiger partial charge on any atom is 0.481 e. The van der Waals surface area contributed by atoms with Crippen LogP contribution in [0.15, 0.2) is 11.5 Å². The van der Waals surface area contributed by atoms with Crippen molar-refractivity contribution in [2.75, 3.05) is 18.6 Å². The molecule has 2 aromatic rings. The van der Waals surface area contributed by atoms with Crippen LogP contribution in [0.4, 0.5) is 5.82 Å². The highest BCUT2D eigenvalue weighted by atomic mass is 32.2. The number of aliphatic hydroxyl groups excluding tert-OH is 2. The minimum atomic E-state index is -5.27. The van der Waals surface area contributed by atoms with Crippen LogP contribution in [0, 0.1) is 11.3 Å². The molecule has 6 atom stereocenters. The van der Waals surface area contributed by atoms with Gasteiger partial charge in [0, 0.05) is 5.41 Å². The van der Waals surface area contributed by atoms with E-state index in [1.807, 2.05) is 0 Å². The Hall–Kier alpha value is -1.12. The summed E-state index contributed by atoms with van der Waals surface area (Å²) < 4.78 is 32.6. The highest BCUT2D eigenvalue weighted by Gasteiger charge is 2.72. The molecule has 0 aliphatic heterocycles. The van der Waals surface area contributed by atoms with Crippen LogP contribution < -0.4 is 5.73 Å². The van der Waals surface area contributed by atoms with Gasteiger partial charge in [0.2, 0.25) is 0 Å². The minimum absolute atomic E-state index is 0.164. The first-order chi connectivity index (χ1) is 13.9. The maximum atomic E-state index is 11.8. The van der Waals surface area contributed by atoms with Gasteiger partial charge < -0.3 is 35.2 Å². The van der Waals surface area contributed by atoms with E-state index >= 15 is 0 Å². The summed E-state index contributed by atoms with van der Waals surface area (Å²) in [5, 5.41) is 21.6. The number of imidazole rings is 1. The average Bonchev–Trinajstić information content (AvgIpc) is 3.13. The molecule has 4 rings (SSSR count). The summed E-state index contributed by atoms with van der Waals surface area (Å²) in [6, 6.07) is -0.682. The zero-order valence-electron chi connectivity index (χ0n) is 15.3. The lowest BCUT2D eigenvalue weighted by Crippen LogP contribution is -2.35. The van der Waals surface area contributed by atoms with E-state index in [-0.39, 0.29) is 11.7 Å². The van der Waals surface area contributed by atoms with E-state index in [0.29, 0.717) is 22.7 Å². The Morgan fingerprint density at radius 3 is 2.67 bits per heavy atom. The van der Waals surface area contributed by atoms with Gasteiger partial charge in [-0.15, -0.1) is 0 Å². The fraction of sp³-hybridized carbons (Fsp3) is 0.615. The number of aromatic nitrogens is 4. The number of anilines is 1. The predicted octanol–water partition coefficient (Wildman–Crippen LogP) is -0.361. The third-order valence-electron chi connectivity index (χ3n) is 5.49. The number of fused-ring (bicyclic) bond motifs is 2. The molecule has 0 spiro atoms. The molecule has 14 nitrogen and oxygen atoms in total. The monoisotopic (exact) mass is 483 g/mol. The lowest BCUT2D eigenvalue weighted by Gasteiger charge is -2.24. The summed E-state index contributed by atoms with van der Waals surface area (Å²) in [4.78, 5) is 39.6. The number of rotatable bonds is 7. The molecule has 2 aromatic heterocycles. The number of nitrogen functional groups attached to an aromatic ring is 1. The van der Waals surface area contributed by atoms with Crippen LogP contribution in [0.2, 0.25) is 0 Å². The van der Waals surface area contributed by atoms with Gasteiger partial charge >= 0.3 is 15.6 Å². The maximum absolute atomic E-state index is 11.8. The zero-order valence-corrected chi connectivity index (χ0v) is 17.9. The Bertz CT molecular complexity index is 1090. The van der Waals surface area contributed by atoms with Gasteiger partial charge in [-0.1, -0.05) is 11.8 Å². The molecule has 7 N–H and O–H groups in total. The van der Waals surface area contributed by atoms with E-state index in [1.54, 1.807) is 10.8 Å². The third kappa shape index (κ3) is 3.69. The van der Waals surface area contributed by atoms with Crippen LogP contribution >= 0.6 is 27.4 Å². The normalized spacial score (nSPS) is 32.9. The van der Waals surface area contributed by atoms with E-state index in [2.05, 4.69) is 19.3 Å². The van der Waals surface area contributed by atoms with Gasteiger partial charge in [0.05, 0.1) is 25.1 Å². The van der Waals surface area contributed by atoms with Crippen LogP contribution in [0.5, 0.6) is 0 Å². The Balaban J connectivity index is 1.60. The molecule has 30 heavy (non-hydrogen) atoms. The van der Waals surface area contributed by atoms with Gasteiger partial charge in [-0.05, 0) is 18.6 Å². The van der Waals surface area contributed by atoms with Crippen LogP contribution in [0.1, 0.15) is 12.5 Å². The number of thioether (sulfide) groups is 1. The summed E-state index contributed by atoms with van der Waals surface area (Å²) in [6.45, 7) is -0.556. The fourth-order valence-corrected chi connectivity index (χ4v) is 6.15. The van der Waals surface area contributed by atoms with Crippen LogP contribution in [0.3, 0.4) is 0 Å². The molecule has 2 heterocycles. The van der Waals surface area contributed by atoms with Crippen molar-refractivity contribution >= 4 is 44.4 Å². The topological polar surface area (TPSA) is 223 Å². The molecule has 17 heteroatoms. The lowest BCUT2D eigenvalue weighted by atomic mass is 10.0. The number of phosphoric acid groups is 2. The molecule has 2 saturated carbocycles. The lowest BCUT2D eigenvalue weighted by molar-refractivity contribution is -0.0297. The zero-order chi connectivity index (χ0) is 22.1. The number of aliphatic hydroxyl groups is 2. The third-order valence-corrected chi connectivity index (χ3v) is 8.17. The predicted molar refractivity (Wildman–Crippen MR) is 102 cm³/mol. The largest absolute Gasteiger partial charge is 0.481 e. The standard InChI is InChI=1S/C13H19N5O9P2S/c1-30-12-16-10(14)6-11(17-12)18(4-15-6)7-5-2-13(5,9(20)8(7)19)3-26-29(24,25)27-28(21,22)23/h4-5,7-9,19-20H,2-3H2,1H3,(H,24,25)(H2,14,16,17)(H2,21,22,23)/t5?,7-,8+,9+,13?/m1/s1. The van der Waals surface area contributed by atoms with Gasteiger partial charge in [-0.25, -0.2) is 24.1 Å². The Labute approximate surface area is 173 Å². The van der Waals surface area contributed by atoms with Crippen LogP contribution in [-0.4, -0.2) is 69.5 Å². The number of nitrogens with zero attached hydrogens (tertiary/aromatic N) is 4. The number of phosphoric ester groups is 1. The van der Waals surface area contributed by atoms with Crippen molar-refractivity contribution in [3.63, 3.8) is 0 Å². The number of hydrogen-bond acceptors (Lipinski definition) is 11. The molecule has 0 aromatic carbocycles. The average molecular weight is 483 g/mol. The second-order valence-corrected chi connectivity index (χ2v) is 10.8. The van der Waals surface area contributed by atoms with Crippen molar-refractivity contribution in [2.45, 2.75) is 29.8 Å².